The third kappa shape index (κ3) is 4.49. The van der Waals surface area contributed by atoms with Crippen molar-refractivity contribution in [1.29, 1.82) is 0 Å². The summed E-state index contributed by atoms with van der Waals surface area (Å²) in [5.41, 5.74) is 3.03. The number of rotatable bonds is 6. The molecule has 1 aliphatic carbocycles. The van der Waals surface area contributed by atoms with Crippen molar-refractivity contribution < 1.29 is 29.3 Å². The maximum absolute atomic E-state index is 11.2. The average molecular weight is 474 g/mol. The van der Waals surface area contributed by atoms with Crippen LogP contribution in [0.4, 0.5) is 5.82 Å². The van der Waals surface area contributed by atoms with Gasteiger partial charge in [0.25, 0.3) is 0 Å². The summed E-state index contributed by atoms with van der Waals surface area (Å²) in [5, 5.41) is 24.1. The van der Waals surface area contributed by atoms with E-state index in [2.05, 4.69) is 34.1 Å². The molecule has 2 aliphatic rings. The van der Waals surface area contributed by atoms with Crippen molar-refractivity contribution in [3.8, 4) is 0 Å². The Bertz CT molecular complexity index is 1070. The van der Waals surface area contributed by atoms with Crippen LogP contribution in [0.1, 0.15) is 39.3 Å². The Balaban J connectivity index is 1.63. The van der Waals surface area contributed by atoms with E-state index in [4.69, 9.17) is 26.1 Å². The van der Waals surface area contributed by atoms with Gasteiger partial charge in [0, 0.05) is 5.70 Å². The molecule has 0 amide bonds. The molecule has 170 valence electrons. The molecule has 13 heteroatoms. The number of aliphatic hydroxyl groups is 2. The van der Waals surface area contributed by atoms with Gasteiger partial charge in [-0.25, -0.2) is 4.98 Å². The van der Waals surface area contributed by atoms with Gasteiger partial charge in [0.1, 0.15) is 12.2 Å². The lowest BCUT2D eigenvalue weighted by atomic mass is 10.1. The number of ether oxygens (including phenoxy) is 1. The molecule has 1 saturated heterocycles. The fraction of sp³-hybridized carbons (Fsp3) is 0.611. The van der Waals surface area contributed by atoms with E-state index in [1.165, 1.54) is 16.5 Å². The fourth-order valence-electron chi connectivity index (χ4n) is 4.03. The number of aliphatic hydroxyl groups excluding tert-OH is 2. The molecule has 4 unspecified atom stereocenters. The number of nitrogens with one attached hydrogen (secondary N) is 1. The zero-order valence-electron chi connectivity index (χ0n) is 17.0. The maximum atomic E-state index is 11.2. The zero-order chi connectivity index (χ0) is 22.5. The molecule has 5 N–H and O–H groups in total. The van der Waals surface area contributed by atoms with Gasteiger partial charge in [0.2, 0.25) is 5.28 Å². The molecule has 0 radical (unpaired) electrons. The minimum absolute atomic E-state index is 0.0212. The summed E-state index contributed by atoms with van der Waals surface area (Å²) in [7, 11) is -4.26. The molecular formula is C18H25ClN5O6P. The molecule has 1 aliphatic heterocycles. The molecule has 11 nitrogen and oxygen atoms in total. The quantitative estimate of drug-likeness (QED) is 0.308. The van der Waals surface area contributed by atoms with Crippen molar-refractivity contribution in [2.24, 2.45) is 5.92 Å². The molecule has 2 aromatic heterocycles. The SMILES string of the molecule is CC1=C(Nc2nc(Cl)nc3c2ncn3C2OC(CCP(=O)(O)O)C(O)C2O)CC[C@H]1C. The van der Waals surface area contributed by atoms with Gasteiger partial charge >= 0.3 is 7.60 Å². The molecule has 4 rings (SSSR count). The Hall–Kier alpha value is -1.59. The predicted octanol–water partition coefficient (Wildman–Crippen LogP) is 1.78. The van der Waals surface area contributed by atoms with Crippen molar-refractivity contribution >= 4 is 36.2 Å². The predicted molar refractivity (Wildman–Crippen MR) is 113 cm³/mol. The molecular weight excluding hydrogens is 449 g/mol. The molecule has 31 heavy (non-hydrogen) atoms. The van der Waals surface area contributed by atoms with Crippen LogP contribution in [-0.4, -0.2) is 64.0 Å². The van der Waals surface area contributed by atoms with E-state index in [1.807, 2.05) is 0 Å². The summed E-state index contributed by atoms with van der Waals surface area (Å²) in [6.45, 7) is 4.23. The summed E-state index contributed by atoms with van der Waals surface area (Å²) in [5.74, 6) is 0.907. The Labute approximate surface area is 183 Å². The zero-order valence-corrected chi connectivity index (χ0v) is 18.7. The first-order valence-corrected chi connectivity index (χ1v) is 12.2. The normalized spacial score (nSPS) is 29.3. The number of imidazole rings is 1. The highest BCUT2D eigenvalue weighted by Crippen LogP contribution is 2.40. The highest BCUT2D eigenvalue weighted by Gasteiger charge is 2.44. The lowest BCUT2D eigenvalue weighted by molar-refractivity contribution is -0.0355. The minimum atomic E-state index is -4.26. The van der Waals surface area contributed by atoms with Gasteiger partial charge in [0.05, 0.1) is 18.6 Å². The highest BCUT2D eigenvalue weighted by atomic mass is 35.5. The summed E-state index contributed by atoms with van der Waals surface area (Å²) in [4.78, 5) is 31.0. The van der Waals surface area contributed by atoms with Crippen molar-refractivity contribution in [3.63, 3.8) is 0 Å². The van der Waals surface area contributed by atoms with Crippen molar-refractivity contribution in [2.45, 2.75) is 57.6 Å². The number of fused-ring (bicyclic) bond motifs is 1. The Morgan fingerprint density at radius 3 is 2.71 bits per heavy atom. The van der Waals surface area contributed by atoms with Crippen LogP contribution in [0.15, 0.2) is 17.6 Å². The lowest BCUT2D eigenvalue weighted by Gasteiger charge is -2.17. The summed E-state index contributed by atoms with van der Waals surface area (Å²) in [6.07, 6.45) is -1.91. The van der Waals surface area contributed by atoms with Gasteiger partial charge in [-0.3, -0.25) is 9.13 Å². The van der Waals surface area contributed by atoms with Crippen molar-refractivity contribution in [1.82, 2.24) is 19.5 Å². The number of anilines is 1. The maximum Gasteiger partial charge on any atom is 0.325 e. The molecule has 2 aromatic rings. The van der Waals surface area contributed by atoms with Crippen LogP contribution in [0.5, 0.6) is 0 Å². The number of hydrogen-bond acceptors (Lipinski definition) is 8. The summed E-state index contributed by atoms with van der Waals surface area (Å²) >= 11 is 6.14. The standard InChI is InChI=1S/C18H25ClN5O6P/c1-8-3-4-10(9(8)2)21-15-12-16(23-18(19)22-15)24(7-20-12)17-14(26)13(25)11(30-17)5-6-31(27,28)29/h7-8,11,13-14,17,25-26H,3-6H2,1-2H3,(H,21,22,23)(H2,27,28,29)/t8-,11?,13?,14?,17?/m1/s1. The largest absolute Gasteiger partial charge is 0.388 e. The van der Waals surface area contributed by atoms with Crippen LogP contribution in [0, 0.1) is 5.92 Å². The molecule has 0 bridgehead atoms. The Kier molecular flexibility index (Phi) is 6.12. The second-order valence-electron chi connectivity index (χ2n) is 8.11. The van der Waals surface area contributed by atoms with Gasteiger partial charge < -0.3 is 30.1 Å². The molecule has 0 saturated carbocycles. The number of nitrogens with zero attached hydrogens (tertiary/aromatic N) is 4. The number of allylic oxidation sites excluding steroid dienone is 2. The monoisotopic (exact) mass is 473 g/mol. The molecule has 0 spiro atoms. The van der Waals surface area contributed by atoms with E-state index in [0.717, 1.165) is 18.5 Å². The van der Waals surface area contributed by atoms with Crippen LogP contribution in [0.25, 0.3) is 11.2 Å². The number of aromatic nitrogens is 4. The number of halogens is 1. The van der Waals surface area contributed by atoms with Crippen molar-refractivity contribution in [2.75, 3.05) is 11.5 Å². The second-order valence-corrected chi connectivity index (χ2v) is 10.2. The smallest absolute Gasteiger partial charge is 0.325 e. The molecule has 5 atom stereocenters. The van der Waals surface area contributed by atoms with E-state index < -0.39 is 38.3 Å². The lowest BCUT2D eigenvalue weighted by Crippen LogP contribution is -2.31. The van der Waals surface area contributed by atoms with Gasteiger partial charge in [0.15, 0.2) is 23.2 Å². The highest BCUT2D eigenvalue weighted by molar-refractivity contribution is 7.51. The second kappa shape index (κ2) is 8.40. The van der Waals surface area contributed by atoms with E-state index >= 15 is 0 Å². The topological polar surface area (TPSA) is 163 Å². The van der Waals surface area contributed by atoms with E-state index in [-0.39, 0.29) is 11.7 Å². The third-order valence-corrected chi connectivity index (χ3v) is 7.03. The van der Waals surface area contributed by atoms with Gasteiger partial charge in [-0.05, 0) is 43.7 Å². The number of hydrogen-bond donors (Lipinski definition) is 5. The van der Waals surface area contributed by atoms with Gasteiger partial charge in [-0.2, -0.15) is 9.97 Å². The minimum Gasteiger partial charge on any atom is -0.388 e. The van der Waals surface area contributed by atoms with Crippen molar-refractivity contribution in [3.05, 3.63) is 22.9 Å². The first-order chi connectivity index (χ1) is 14.5. The van der Waals surface area contributed by atoms with E-state index in [0.29, 0.717) is 22.9 Å². The van der Waals surface area contributed by atoms with Gasteiger partial charge in [-0.1, -0.05) is 12.5 Å². The van der Waals surface area contributed by atoms with Crippen LogP contribution < -0.4 is 5.32 Å². The average Bonchev–Trinajstić information content (AvgIpc) is 3.33. The Morgan fingerprint density at radius 2 is 2.06 bits per heavy atom. The fourth-order valence-corrected chi connectivity index (χ4v) is 4.79. The molecule has 1 fully saturated rings. The van der Waals surface area contributed by atoms with Crippen LogP contribution in [0.2, 0.25) is 5.28 Å². The summed E-state index contributed by atoms with van der Waals surface area (Å²) < 4.78 is 18.3. The van der Waals surface area contributed by atoms with E-state index in [9.17, 15) is 14.8 Å². The first-order valence-electron chi connectivity index (χ1n) is 9.98. The third-order valence-electron chi connectivity index (χ3n) is 6.02. The molecule has 3 heterocycles. The molecule has 0 aromatic carbocycles. The first kappa shape index (κ1) is 22.6. The summed E-state index contributed by atoms with van der Waals surface area (Å²) in [6, 6.07) is 0. The van der Waals surface area contributed by atoms with Gasteiger partial charge in [-0.15, -0.1) is 0 Å². The van der Waals surface area contributed by atoms with Crippen LogP contribution in [-0.2, 0) is 9.30 Å². The van der Waals surface area contributed by atoms with Crippen LogP contribution >= 0.6 is 19.2 Å². The Morgan fingerprint density at radius 1 is 1.32 bits per heavy atom. The van der Waals surface area contributed by atoms with Crippen LogP contribution in [0.3, 0.4) is 0 Å². The van der Waals surface area contributed by atoms with E-state index in [1.54, 1.807) is 0 Å².